The summed E-state index contributed by atoms with van der Waals surface area (Å²) >= 11 is 0. The summed E-state index contributed by atoms with van der Waals surface area (Å²) in [6.45, 7) is 4.30. The minimum absolute atomic E-state index is 0.0427. The maximum absolute atomic E-state index is 11.0. The summed E-state index contributed by atoms with van der Waals surface area (Å²) in [6, 6.07) is 28.4. The molecule has 4 aromatic rings. The molecule has 0 saturated heterocycles. The molecule has 0 atom stereocenters. The summed E-state index contributed by atoms with van der Waals surface area (Å²) in [4.78, 5) is 17.1. The van der Waals surface area contributed by atoms with Crippen molar-refractivity contribution in [1.82, 2.24) is 0 Å². The Kier molecular flexibility index (Phi) is 9.07. The molecule has 42 heavy (non-hydrogen) atoms. The number of aromatic nitrogens is 1. The van der Waals surface area contributed by atoms with Crippen molar-refractivity contribution < 1.29 is 24.6 Å². The molecule has 0 spiro atoms. The predicted molar refractivity (Wildman–Crippen MR) is 162 cm³/mol. The summed E-state index contributed by atoms with van der Waals surface area (Å²) in [5.74, 6) is -0.916. The lowest BCUT2D eigenvalue weighted by atomic mass is 9.97. The number of fused-ring (bicyclic) bond motifs is 2. The first kappa shape index (κ1) is 28.3. The number of nitrogens with zero attached hydrogens (tertiary/aromatic N) is 2. The molecule has 0 amide bonds. The summed E-state index contributed by atoms with van der Waals surface area (Å²) in [7, 11) is 0. The topological polar surface area (TPSA) is 79.5 Å². The van der Waals surface area contributed by atoms with Crippen LogP contribution in [0.5, 0.6) is 0 Å². The number of aliphatic carboxylic acids is 1. The molecule has 1 aromatic heterocycles. The molecule has 5 rings (SSSR count). The van der Waals surface area contributed by atoms with Crippen LogP contribution in [-0.4, -0.2) is 12.5 Å². The second-order valence-electron chi connectivity index (χ2n) is 10.0. The molecular formula is C36H31N2O4-. The summed E-state index contributed by atoms with van der Waals surface area (Å²) < 4.78 is 1.95. The van der Waals surface area contributed by atoms with Gasteiger partial charge in [0.15, 0.2) is 6.20 Å². The van der Waals surface area contributed by atoms with Gasteiger partial charge in [0.2, 0.25) is 12.1 Å². The number of carboxylic acids is 1. The zero-order valence-electron chi connectivity index (χ0n) is 23.2. The van der Waals surface area contributed by atoms with Crippen LogP contribution in [0.15, 0.2) is 140 Å². The van der Waals surface area contributed by atoms with E-state index in [-0.39, 0.29) is 18.7 Å². The molecule has 6 nitrogen and oxygen atoms in total. The number of allylic oxidation sites excluding steroid dienone is 7. The van der Waals surface area contributed by atoms with Crippen LogP contribution in [0.1, 0.15) is 23.1 Å². The van der Waals surface area contributed by atoms with Crippen molar-refractivity contribution in [3.63, 3.8) is 0 Å². The van der Waals surface area contributed by atoms with Gasteiger partial charge in [0.25, 0.3) is 0 Å². The number of carboxylic acid groups (broad SMARTS) is 1. The first-order valence-electron chi connectivity index (χ1n) is 13.8. The Morgan fingerprint density at radius 1 is 0.976 bits per heavy atom. The van der Waals surface area contributed by atoms with E-state index in [4.69, 9.17) is 0 Å². The molecular weight excluding hydrogens is 524 g/mol. The van der Waals surface area contributed by atoms with Crippen LogP contribution in [0.3, 0.4) is 0 Å². The van der Waals surface area contributed by atoms with Gasteiger partial charge in [-0.2, -0.15) is 4.57 Å². The van der Waals surface area contributed by atoms with E-state index < -0.39 is 5.97 Å². The fourth-order valence-electron chi connectivity index (χ4n) is 5.07. The van der Waals surface area contributed by atoms with E-state index in [9.17, 15) is 15.2 Å². The number of anilines is 1. The normalized spacial score (nSPS) is 14.0. The van der Waals surface area contributed by atoms with Gasteiger partial charge in [-0.05, 0) is 46.9 Å². The number of rotatable bonds is 11. The van der Waals surface area contributed by atoms with Gasteiger partial charge in [0.1, 0.15) is 5.76 Å². The van der Waals surface area contributed by atoms with E-state index in [1.807, 2.05) is 88.6 Å². The van der Waals surface area contributed by atoms with Crippen molar-refractivity contribution in [2.45, 2.75) is 19.4 Å². The minimum Gasteiger partial charge on any atom is -0.664 e. The molecule has 0 aliphatic carbocycles. The second kappa shape index (κ2) is 13.4. The number of pyridine rings is 1. The van der Waals surface area contributed by atoms with E-state index in [0.717, 1.165) is 45.3 Å². The number of carbonyl (C=O) groups excluding carboxylic acids is 1. The molecule has 0 bridgehead atoms. The molecule has 1 aliphatic rings. The minimum atomic E-state index is -1.06. The molecule has 6 heteroatoms. The van der Waals surface area contributed by atoms with Gasteiger partial charge in [-0.1, -0.05) is 91.5 Å². The zero-order chi connectivity index (χ0) is 29.3. The highest BCUT2D eigenvalue weighted by Crippen LogP contribution is 2.33. The van der Waals surface area contributed by atoms with Gasteiger partial charge in [-0.15, -0.1) is 0 Å². The van der Waals surface area contributed by atoms with Gasteiger partial charge >= 0.3 is 0 Å². The highest BCUT2D eigenvalue weighted by atomic mass is 17.1. The molecule has 0 N–H and O–H groups in total. The average molecular weight is 556 g/mol. The van der Waals surface area contributed by atoms with Crippen LogP contribution in [0.25, 0.3) is 22.6 Å². The fraction of sp³-hybridized carbons (Fsp3) is 0.111. The third-order valence-corrected chi connectivity index (χ3v) is 7.14. The van der Waals surface area contributed by atoms with Crippen molar-refractivity contribution in [1.29, 1.82) is 0 Å². The van der Waals surface area contributed by atoms with Crippen molar-refractivity contribution in [2.24, 2.45) is 0 Å². The molecule has 0 radical (unpaired) electrons. The molecule has 1 aliphatic heterocycles. The quantitative estimate of drug-likeness (QED) is 0.0884. The van der Waals surface area contributed by atoms with Gasteiger partial charge in [0, 0.05) is 48.5 Å². The highest BCUT2D eigenvalue weighted by molar-refractivity contribution is 5.88. The third-order valence-electron chi connectivity index (χ3n) is 7.14. The first-order chi connectivity index (χ1) is 20.5. The Labute approximate surface area is 245 Å². The van der Waals surface area contributed by atoms with E-state index >= 15 is 0 Å². The van der Waals surface area contributed by atoms with E-state index in [1.54, 1.807) is 0 Å². The second-order valence-corrected chi connectivity index (χ2v) is 10.0. The van der Waals surface area contributed by atoms with E-state index in [2.05, 4.69) is 60.0 Å². The van der Waals surface area contributed by atoms with Crippen LogP contribution in [-0.2, 0) is 22.6 Å². The number of hydrogen-bond donors (Lipinski definition) is 0. The van der Waals surface area contributed by atoms with Crippen molar-refractivity contribution in [3.8, 4) is 0 Å². The fourth-order valence-corrected chi connectivity index (χ4v) is 5.07. The number of benzene rings is 3. The van der Waals surface area contributed by atoms with Crippen LogP contribution >= 0.6 is 0 Å². The smallest absolute Gasteiger partial charge is 0.213 e. The molecule has 0 saturated carbocycles. The lowest BCUT2D eigenvalue weighted by molar-refractivity contribution is -0.708. The Morgan fingerprint density at radius 3 is 2.55 bits per heavy atom. The Bertz CT molecular complexity index is 1720. The summed E-state index contributed by atoms with van der Waals surface area (Å²) in [5, 5.41) is 22.9. The largest absolute Gasteiger partial charge is 0.664 e. The van der Waals surface area contributed by atoms with Crippen LogP contribution < -0.4 is 19.8 Å². The number of para-hydroxylation sites is 2. The monoisotopic (exact) mass is 555 g/mol. The number of carbonyl (C=O) groups is 1. The Balaban J connectivity index is 1.49. The van der Waals surface area contributed by atoms with Crippen LogP contribution in [0, 0.1) is 0 Å². The van der Waals surface area contributed by atoms with Crippen LogP contribution in [0.4, 0.5) is 5.69 Å². The third kappa shape index (κ3) is 6.92. The van der Waals surface area contributed by atoms with E-state index in [1.165, 1.54) is 5.56 Å². The lowest BCUT2D eigenvalue weighted by Gasteiger charge is -2.27. The Morgan fingerprint density at radius 2 is 1.74 bits per heavy atom. The molecule has 0 fully saturated rings. The van der Waals surface area contributed by atoms with E-state index in [0.29, 0.717) is 6.54 Å². The predicted octanol–water partition coefficient (Wildman–Crippen LogP) is 4.67. The average Bonchev–Trinajstić information content (AvgIpc) is 3.02. The maximum atomic E-state index is 11.0. The van der Waals surface area contributed by atoms with Gasteiger partial charge in [-0.25, -0.2) is 0 Å². The van der Waals surface area contributed by atoms with Gasteiger partial charge in [-0.3, -0.25) is 0 Å². The molecule has 2 heterocycles. The maximum Gasteiger partial charge on any atom is 0.213 e. The standard InChI is InChI=1S/C36H32N2O4/c1-27(42-41)26-38-23-20-31(33-12-6-8-14-35(33)38)18-16-29(25-28-9-3-2-4-10-28)15-17-30-19-22-37(24-21-36(39)40)34-13-7-5-11-32(30)34/h2-20,22-23H,1,21,24-26H2,(H-,39,40,41)/p-1. The van der Waals surface area contributed by atoms with Gasteiger partial charge < -0.3 is 24.9 Å². The molecule has 3 aromatic carbocycles. The van der Waals surface area contributed by atoms with Crippen LogP contribution in [0.2, 0.25) is 0 Å². The van der Waals surface area contributed by atoms with Crippen molar-refractivity contribution in [2.75, 3.05) is 11.4 Å². The summed E-state index contributed by atoms with van der Waals surface area (Å²) in [5.41, 5.74) is 7.39. The van der Waals surface area contributed by atoms with Crippen molar-refractivity contribution >= 4 is 34.2 Å². The first-order valence-corrected chi connectivity index (χ1v) is 13.8. The Hall–Kier alpha value is -5.20. The number of hydrogen-bond acceptors (Lipinski definition) is 5. The van der Waals surface area contributed by atoms with Gasteiger partial charge in [0.05, 0.1) is 5.39 Å². The molecule has 0 unspecified atom stereocenters. The zero-order valence-corrected chi connectivity index (χ0v) is 23.2. The summed E-state index contributed by atoms with van der Waals surface area (Å²) in [6.07, 6.45) is 15.1. The highest BCUT2D eigenvalue weighted by Gasteiger charge is 2.15. The SMILES string of the molecule is C=C(C[n+]1ccc(/C=C/C(=C/C=C2\C=CN(CCC(=O)[O-])c3ccccc32)Cc2ccccc2)c2ccccc21)O[O-]. The van der Waals surface area contributed by atoms with Crippen molar-refractivity contribution in [3.05, 3.63) is 156 Å². The lowest BCUT2D eigenvalue weighted by Crippen LogP contribution is -2.36. The molecule has 210 valence electrons.